The van der Waals surface area contributed by atoms with Gasteiger partial charge in [0.15, 0.2) is 0 Å². The Bertz CT molecular complexity index is 1410. The quantitative estimate of drug-likeness (QED) is 0.206. The summed E-state index contributed by atoms with van der Waals surface area (Å²) < 4.78 is 15.5. The average Bonchev–Trinajstić information content (AvgIpc) is 3.05. The third-order valence-corrected chi connectivity index (χ3v) is 20.4. The number of hydrogen-bond acceptors (Lipinski definition) is 6. The van der Waals surface area contributed by atoms with Crippen molar-refractivity contribution >= 4 is 52.1 Å². The summed E-state index contributed by atoms with van der Waals surface area (Å²) >= 11 is -5.88. The first-order valence-electron chi connectivity index (χ1n) is 13.3. The molecule has 6 nitrogen and oxygen atoms in total. The number of anilines is 2. The Balaban J connectivity index is 1.65. The fourth-order valence-electron chi connectivity index (χ4n) is 4.79. The molecule has 5 aromatic rings. The van der Waals surface area contributed by atoms with Crippen LogP contribution in [0.5, 0.6) is 0 Å². The maximum absolute atomic E-state index is 13.9. The van der Waals surface area contributed by atoms with Crippen LogP contribution in [0.2, 0.25) is 0 Å². The standard InChI is InChI=1S/2C8H9NO2.3C6H5.Sb/c2*10-8(11)6-9-7-4-2-1-3-5-7;3*1-2-4-6-5-3-1;/h2*1-5,9H,6H2,(H,10,11);3*1-5H;/q;;;;;+2/p-2. The molecular weight excluding hydrogens is 622 g/mol. The van der Waals surface area contributed by atoms with E-state index in [1.165, 1.54) is 0 Å². The Labute approximate surface area is 242 Å². The van der Waals surface area contributed by atoms with Gasteiger partial charge in [0.2, 0.25) is 0 Å². The Hall–Kier alpha value is -4.54. The Morgan fingerprint density at radius 3 is 1.00 bits per heavy atom. The third-order valence-electron chi connectivity index (χ3n) is 6.65. The molecule has 0 aromatic heterocycles. The zero-order valence-electron chi connectivity index (χ0n) is 22.4. The number of rotatable bonds is 11. The molecule has 206 valence electrons. The van der Waals surface area contributed by atoms with Gasteiger partial charge in [-0.15, -0.1) is 0 Å². The van der Waals surface area contributed by atoms with E-state index in [0.29, 0.717) is 10.5 Å². The van der Waals surface area contributed by atoms with Crippen LogP contribution in [0, 0.1) is 0 Å². The molecule has 0 bridgehead atoms. The first-order chi connectivity index (χ1) is 20.1. The maximum atomic E-state index is 13.9. The van der Waals surface area contributed by atoms with Crippen LogP contribution in [0.1, 0.15) is 0 Å². The van der Waals surface area contributed by atoms with Gasteiger partial charge in [0.25, 0.3) is 0 Å². The summed E-state index contributed by atoms with van der Waals surface area (Å²) in [6.07, 6.45) is 0. The average molecular weight is 653 g/mol. The molecule has 0 heterocycles. The van der Waals surface area contributed by atoms with Crippen molar-refractivity contribution in [1.29, 1.82) is 0 Å². The summed E-state index contributed by atoms with van der Waals surface area (Å²) in [6, 6.07) is 47.1. The van der Waals surface area contributed by atoms with Crippen molar-refractivity contribution < 1.29 is 15.6 Å². The fourth-order valence-corrected chi connectivity index (χ4v) is 18.0. The molecule has 5 rings (SSSR count). The molecule has 5 aromatic carbocycles. The predicted octanol–water partition coefficient (Wildman–Crippen LogP) is 4.41. The summed E-state index contributed by atoms with van der Waals surface area (Å²) in [5.74, 6) is -1.06. The Kier molecular flexibility index (Phi) is 8.71. The van der Waals surface area contributed by atoms with Crippen LogP contribution in [-0.2, 0) is 15.6 Å². The molecule has 0 unspecified atom stereocenters. The molecule has 0 atom stereocenters. The van der Waals surface area contributed by atoms with E-state index in [-0.39, 0.29) is 13.1 Å². The van der Waals surface area contributed by atoms with Gasteiger partial charge >= 0.3 is 243 Å². The molecule has 0 amide bonds. The van der Waals surface area contributed by atoms with Crippen LogP contribution in [0.15, 0.2) is 152 Å². The fraction of sp³-hybridized carbons (Fsp3) is 0.0588. The molecule has 0 aliphatic carbocycles. The van der Waals surface area contributed by atoms with E-state index >= 15 is 0 Å². The van der Waals surface area contributed by atoms with E-state index in [0.717, 1.165) is 11.4 Å². The molecule has 0 saturated heterocycles. The number of benzene rings is 5. The number of hydrogen-bond donors (Lipinski definition) is 2. The van der Waals surface area contributed by atoms with Crippen molar-refractivity contribution in [2.24, 2.45) is 0 Å². The molecule has 0 aliphatic heterocycles. The molecule has 41 heavy (non-hydrogen) atoms. The van der Waals surface area contributed by atoms with Gasteiger partial charge in [-0.25, -0.2) is 0 Å². The van der Waals surface area contributed by atoms with Crippen LogP contribution in [0.4, 0.5) is 11.4 Å². The van der Waals surface area contributed by atoms with Crippen LogP contribution < -0.4 is 21.2 Å². The van der Waals surface area contributed by atoms with Crippen LogP contribution in [-0.4, -0.2) is 43.3 Å². The van der Waals surface area contributed by atoms with Gasteiger partial charge in [-0.2, -0.15) is 0 Å². The van der Waals surface area contributed by atoms with Crippen LogP contribution in [0.3, 0.4) is 0 Å². The number of carbonyl (C=O) groups is 2. The Morgan fingerprint density at radius 2 is 0.707 bits per heavy atom. The second-order valence-corrected chi connectivity index (χ2v) is 20.3. The minimum absolute atomic E-state index is 0.113. The second kappa shape index (κ2) is 12.8. The topological polar surface area (TPSA) is 76.7 Å². The van der Waals surface area contributed by atoms with Crippen LogP contribution >= 0.6 is 0 Å². The summed E-state index contributed by atoms with van der Waals surface area (Å²) in [6.45, 7) is -0.226. The predicted molar refractivity (Wildman–Crippen MR) is 166 cm³/mol. The summed E-state index contributed by atoms with van der Waals surface area (Å²) in [5, 5.41) is 6.29. The molecule has 0 radical (unpaired) electrons. The third kappa shape index (κ3) is 5.98. The van der Waals surface area contributed by atoms with E-state index < -0.39 is 30.2 Å². The molecule has 0 saturated carbocycles. The molecule has 0 fully saturated rings. The number of para-hydroxylation sites is 2. The minimum atomic E-state index is -5.88. The number of carbonyl (C=O) groups excluding carboxylic acids is 2. The molecule has 2 N–H and O–H groups in total. The van der Waals surface area contributed by atoms with Crippen molar-refractivity contribution in [3.05, 3.63) is 152 Å². The van der Waals surface area contributed by atoms with Crippen LogP contribution in [0.25, 0.3) is 0 Å². The molecule has 7 heteroatoms. The Morgan fingerprint density at radius 1 is 0.439 bits per heavy atom. The van der Waals surface area contributed by atoms with Crippen molar-refractivity contribution in [3.8, 4) is 0 Å². The first-order valence-corrected chi connectivity index (χ1v) is 19.2. The van der Waals surface area contributed by atoms with Gasteiger partial charge < -0.3 is 0 Å². The molecule has 0 spiro atoms. The van der Waals surface area contributed by atoms with Crippen molar-refractivity contribution in [1.82, 2.24) is 0 Å². The summed E-state index contributed by atoms with van der Waals surface area (Å²) in [7, 11) is 0. The van der Waals surface area contributed by atoms with E-state index in [1.807, 2.05) is 152 Å². The molecular formula is C34H31N2O4Sb. The van der Waals surface area contributed by atoms with Gasteiger partial charge in [0, 0.05) is 0 Å². The number of nitrogens with one attached hydrogen (secondary N) is 2. The SMILES string of the molecule is O=C(CNc1ccccc1)[O][Sb]([O]C(=O)CNc1ccccc1)([c]1ccccc1)([c]1ccccc1)[c]1ccccc1. The van der Waals surface area contributed by atoms with E-state index in [4.69, 9.17) is 6.03 Å². The van der Waals surface area contributed by atoms with Gasteiger partial charge in [-0.05, 0) is 0 Å². The second-order valence-electron chi connectivity index (χ2n) is 9.33. The summed E-state index contributed by atoms with van der Waals surface area (Å²) in [4.78, 5) is 27.8. The monoisotopic (exact) mass is 652 g/mol. The van der Waals surface area contributed by atoms with E-state index in [9.17, 15) is 9.59 Å². The summed E-state index contributed by atoms with van der Waals surface area (Å²) in [5.41, 5.74) is 1.56. The first kappa shape index (κ1) is 28.0. The zero-order valence-corrected chi connectivity index (χ0v) is 25.0. The normalized spacial score (nSPS) is 11.9. The van der Waals surface area contributed by atoms with Gasteiger partial charge in [-0.3, -0.25) is 0 Å². The van der Waals surface area contributed by atoms with Gasteiger partial charge in [0.1, 0.15) is 0 Å². The van der Waals surface area contributed by atoms with E-state index in [1.54, 1.807) is 0 Å². The van der Waals surface area contributed by atoms with Gasteiger partial charge in [-0.1, -0.05) is 0 Å². The van der Waals surface area contributed by atoms with E-state index in [2.05, 4.69) is 10.6 Å². The molecule has 0 aliphatic rings. The van der Waals surface area contributed by atoms with Crippen molar-refractivity contribution in [3.63, 3.8) is 0 Å². The zero-order chi connectivity index (χ0) is 28.4. The van der Waals surface area contributed by atoms with Crippen molar-refractivity contribution in [2.75, 3.05) is 23.7 Å². The van der Waals surface area contributed by atoms with Gasteiger partial charge in [0.05, 0.1) is 0 Å². The van der Waals surface area contributed by atoms with Crippen molar-refractivity contribution in [2.45, 2.75) is 0 Å².